The minimum atomic E-state index is -0.369. The van der Waals surface area contributed by atoms with Gasteiger partial charge < -0.3 is 14.5 Å². The molecule has 3 rings (SSSR count). The number of carbonyl (C=O) groups excluding carboxylic acids is 2. The minimum absolute atomic E-state index is 0.0326. The molecule has 1 aromatic heterocycles. The van der Waals surface area contributed by atoms with E-state index in [2.05, 4.69) is 9.97 Å². The van der Waals surface area contributed by atoms with Crippen LogP contribution in [0.15, 0.2) is 12.4 Å². The predicted molar refractivity (Wildman–Crippen MR) is 82.9 cm³/mol. The van der Waals surface area contributed by atoms with Gasteiger partial charge in [0, 0.05) is 38.4 Å². The predicted octanol–water partition coefficient (Wildman–Crippen LogP) is 0.502. The monoisotopic (exact) mass is 318 g/mol. The third-order valence-corrected chi connectivity index (χ3v) is 4.39. The Hall–Kier alpha value is -2.02. The average molecular weight is 318 g/mol. The summed E-state index contributed by atoms with van der Waals surface area (Å²) >= 11 is 0. The van der Waals surface area contributed by atoms with Crippen molar-refractivity contribution >= 4 is 11.8 Å². The number of nitrogens with zero attached hydrogens (tertiary/aromatic N) is 4. The van der Waals surface area contributed by atoms with E-state index in [1.807, 2.05) is 6.92 Å². The first kappa shape index (κ1) is 15.9. The van der Waals surface area contributed by atoms with Crippen LogP contribution in [0.1, 0.15) is 35.9 Å². The van der Waals surface area contributed by atoms with Gasteiger partial charge in [0.25, 0.3) is 5.91 Å². The van der Waals surface area contributed by atoms with Crippen molar-refractivity contribution in [3.05, 3.63) is 23.8 Å². The van der Waals surface area contributed by atoms with Gasteiger partial charge in [-0.25, -0.2) is 9.97 Å². The first-order chi connectivity index (χ1) is 11.2. The van der Waals surface area contributed by atoms with E-state index in [0.717, 1.165) is 19.3 Å². The summed E-state index contributed by atoms with van der Waals surface area (Å²) in [5.74, 6) is 0.589. The summed E-state index contributed by atoms with van der Waals surface area (Å²) in [6.45, 7) is 4.91. The van der Waals surface area contributed by atoms with Gasteiger partial charge in [-0.3, -0.25) is 9.59 Å². The second kappa shape index (κ2) is 7.04. The van der Waals surface area contributed by atoms with Crippen molar-refractivity contribution in [2.75, 3.05) is 32.8 Å². The van der Waals surface area contributed by atoms with Crippen LogP contribution in [0.4, 0.5) is 0 Å². The Kier molecular flexibility index (Phi) is 4.85. The zero-order chi connectivity index (χ0) is 16.2. The van der Waals surface area contributed by atoms with Crippen molar-refractivity contribution in [3.63, 3.8) is 0 Å². The summed E-state index contributed by atoms with van der Waals surface area (Å²) in [5.41, 5.74) is 0.448. The number of amides is 2. The molecule has 0 radical (unpaired) electrons. The van der Waals surface area contributed by atoms with Crippen molar-refractivity contribution in [3.8, 4) is 0 Å². The zero-order valence-electron chi connectivity index (χ0n) is 13.4. The van der Waals surface area contributed by atoms with E-state index in [9.17, 15) is 9.59 Å². The minimum Gasteiger partial charge on any atom is -0.378 e. The fourth-order valence-corrected chi connectivity index (χ4v) is 3.07. The normalized spacial score (nSPS) is 21.5. The van der Waals surface area contributed by atoms with Crippen LogP contribution >= 0.6 is 0 Å². The summed E-state index contributed by atoms with van der Waals surface area (Å²) in [7, 11) is 0. The van der Waals surface area contributed by atoms with Gasteiger partial charge in [-0.1, -0.05) is 6.92 Å². The van der Waals surface area contributed by atoms with Crippen molar-refractivity contribution in [1.82, 2.24) is 19.8 Å². The molecule has 7 nitrogen and oxygen atoms in total. The molecule has 0 spiro atoms. The third kappa shape index (κ3) is 3.34. The maximum Gasteiger partial charge on any atom is 0.257 e. The first-order valence-electron chi connectivity index (χ1n) is 8.19. The molecule has 3 heterocycles. The largest absolute Gasteiger partial charge is 0.378 e. The number of hydrogen-bond donors (Lipinski definition) is 0. The molecule has 0 aliphatic carbocycles. The van der Waals surface area contributed by atoms with Crippen LogP contribution in [0.25, 0.3) is 0 Å². The highest BCUT2D eigenvalue weighted by Crippen LogP contribution is 2.22. The Morgan fingerprint density at radius 2 is 1.91 bits per heavy atom. The summed E-state index contributed by atoms with van der Waals surface area (Å²) in [6, 6.07) is -0.369. The van der Waals surface area contributed by atoms with Crippen LogP contribution in [-0.4, -0.2) is 70.5 Å². The van der Waals surface area contributed by atoms with Crippen LogP contribution in [-0.2, 0) is 16.0 Å². The molecule has 1 aromatic rings. The van der Waals surface area contributed by atoms with Gasteiger partial charge in [0.15, 0.2) is 0 Å². The molecular formula is C16H22N4O3. The molecule has 0 aromatic carbocycles. The molecule has 0 unspecified atom stereocenters. The van der Waals surface area contributed by atoms with Gasteiger partial charge in [-0.05, 0) is 12.8 Å². The fraction of sp³-hybridized carbons (Fsp3) is 0.625. The summed E-state index contributed by atoms with van der Waals surface area (Å²) in [6.07, 6.45) is 5.41. The lowest BCUT2D eigenvalue weighted by molar-refractivity contribution is -0.139. The van der Waals surface area contributed by atoms with Crippen LogP contribution in [0.3, 0.4) is 0 Å². The quantitative estimate of drug-likeness (QED) is 0.811. The summed E-state index contributed by atoms with van der Waals surface area (Å²) < 4.78 is 5.29. The molecular weight excluding hydrogens is 296 g/mol. The number of morpholine rings is 1. The number of rotatable bonds is 3. The van der Waals surface area contributed by atoms with E-state index in [-0.39, 0.29) is 17.9 Å². The van der Waals surface area contributed by atoms with Gasteiger partial charge in [-0.15, -0.1) is 0 Å². The molecule has 23 heavy (non-hydrogen) atoms. The molecule has 2 saturated heterocycles. The number of aryl methyl sites for hydroxylation is 1. The Labute approximate surface area is 135 Å². The van der Waals surface area contributed by atoms with Crippen molar-refractivity contribution in [2.45, 2.75) is 32.2 Å². The lowest BCUT2D eigenvalue weighted by Gasteiger charge is -2.32. The molecule has 124 valence electrons. The van der Waals surface area contributed by atoms with E-state index in [1.165, 1.54) is 0 Å². The SMILES string of the molecule is CCc1ncc(C(=O)N2CCC[C@H]2C(=O)N2CCOCC2)cn1. The molecule has 2 amide bonds. The van der Waals surface area contributed by atoms with Crippen molar-refractivity contribution < 1.29 is 14.3 Å². The zero-order valence-corrected chi connectivity index (χ0v) is 13.4. The van der Waals surface area contributed by atoms with E-state index >= 15 is 0 Å². The van der Waals surface area contributed by atoms with Gasteiger partial charge in [-0.2, -0.15) is 0 Å². The van der Waals surface area contributed by atoms with Crippen LogP contribution < -0.4 is 0 Å². The molecule has 2 aliphatic rings. The number of aromatic nitrogens is 2. The van der Waals surface area contributed by atoms with Crippen LogP contribution in [0.2, 0.25) is 0 Å². The third-order valence-electron chi connectivity index (χ3n) is 4.39. The Balaban J connectivity index is 1.72. The fourth-order valence-electron chi connectivity index (χ4n) is 3.07. The highest BCUT2D eigenvalue weighted by Gasteiger charge is 2.37. The number of carbonyl (C=O) groups is 2. The number of likely N-dealkylation sites (tertiary alicyclic amines) is 1. The molecule has 2 aliphatic heterocycles. The van der Waals surface area contributed by atoms with E-state index in [4.69, 9.17) is 4.74 Å². The smallest absolute Gasteiger partial charge is 0.257 e. The maximum absolute atomic E-state index is 12.7. The lowest BCUT2D eigenvalue weighted by Crippen LogP contribution is -2.51. The number of ether oxygens (including phenoxy) is 1. The topological polar surface area (TPSA) is 75.6 Å². The average Bonchev–Trinajstić information content (AvgIpc) is 3.11. The second-order valence-corrected chi connectivity index (χ2v) is 5.84. The van der Waals surface area contributed by atoms with Gasteiger partial charge in [0.1, 0.15) is 11.9 Å². The van der Waals surface area contributed by atoms with E-state index < -0.39 is 0 Å². The maximum atomic E-state index is 12.7. The standard InChI is InChI=1S/C16H22N4O3/c1-2-14-17-10-12(11-18-14)15(21)20-5-3-4-13(20)16(22)19-6-8-23-9-7-19/h10-11,13H,2-9H2,1H3/t13-/m0/s1. The van der Waals surface area contributed by atoms with Crippen molar-refractivity contribution in [2.24, 2.45) is 0 Å². The van der Waals surface area contributed by atoms with Crippen LogP contribution in [0.5, 0.6) is 0 Å². The Morgan fingerprint density at radius 1 is 1.22 bits per heavy atom. The van der Waals surface area contributed by atoms with Gasteiger partial charge >= 0.3 is 0 Å². The highest BCUT2D eigenvalue weighted by molar-refractivity contribution is 5.97. The van der Waals surface area contributed by atoms with Crippen LogP contribution in [0, 0.1) is 0 Å². The first-order valence-corrected chi connectivity index (χ1v) is 8.19. The van der Waals surface area contributed by atoms with Crippen molar-refractivity contribution in [1.29, 1.82) is 0 Å². The molecule has 0 N–H and O–H groups in total. The highest BCUT2D eigenvalue weighted by atomic mass is 16.5. The molecule has 1 atom stereocenters. The molecule has 2 fully saturated rings. The Morgan fingerprint density at radius 3 is 2.57 bits per heavy atom. The molecule has 0 bridgehead atoms. The van der Waals surface area contributed by atoms with E-state index in [1.54, 1.807) is 22.2 Å². The molecule has 7 heteroatoms. The Bertz CT molecular complexity index is 569. The van der Waals surface area contributed by atoms with Gasteiger partial charge in [0.2, 0.25) is 5.91 Å². The summed E-state index contributed by atoms with van der Waals surface area (Å²) in [5, 5.41) is 0. The van der Waals surface area contributed by atoms with E-state index in [0.29, 0.717) is 44.2 Å². The van der Waals surface area contributed by atoms with Gasteiger partial charge in [0.05, 0.1) is 18.8 Å². The number of hydrogen-bond acceptors (Lipinski definition) is 5. The lowest BCUT2D eigenvalue weighted by atomic mass is 10.1. The summed E-state index contributed by atoms with van der Waals surface area (Å²) in [4.78, 5) is 37.2. The molecule has 0 saturated carbocycles. The second-order valence-electron chi connectivity index (χ2n) is 5.84.